The topological polar surface area (TPSA) is 28.7 Å². The molecule has 2 aromatic heterocycles. The van der Waals surface area contributed by atoms with Crippen LogP contribution in [-0.2, 0) is 0 Å². The van der Waals surface area contributed by atoms with Crippen LogP contribution < -0.4 is 0 Å². The molecule has 4 heteroatoms. The number of H-pyrrole nitrogens is 1. The lowest BCUT2D eigenvalue weighted by atomic mass is 10.3. The molecule has 0 aromatic carbocycles. The molecule has 0 bridgehead atoms. The molecule has 56 valence electrons. The van der Waals surface area contributed by atoms with Crippen molar-refractivity contribution < 1.29 is 0 Å². The van der Waals surface area contributed by atoms with E-state index in [1.807, 2.05) is 6.07 Å². The van der Waals surface area contributed by atoms with Gasteiger partial charge in [0.1, 0.15) is 5.15 Å². The molecule has 1 N–H and O–H groups in total. The zero-order valence-corrected chi connectivity index (χ0v) is 6.95. The molecular weight excluding hydrogens is 183 g/mol. The first kappa shape index (κ1) is 6.95. The van der Waals surface area contributed by atoms with Crippen LogP contribution in [0.25, 0.3) is 10.9 Å². The number of hydrogen-bond acceptors (Lipinski definition) is 1. The van der Waals surface area contributed by atoms with Crippen molar-refractivity contribution in [2.24, 2.45) is 0 Å². The first-order valence-electron chi connectivity index (χ1n) is 3.06. The Morgan fingerprint density at radius 3 is 3.00 bits per heavy atom. The molecule has 0 aliphatic heterocycles. The quantitative estimate of drug-likeness (QED) is 0.631. The lowest BCUT2D eigenvalue weighted by molar-refractivity contribution is 1.34. The van der Waals surface area contributed by atoms with Crippen molar-refractivity contribution in [1.29, 1.82) is 0 Å². The number of halogens is 2. The van der Waals surface area contributed by atoms with Gasteiger partial charge >= 0.3 is 0 Å². The Bertz CT molecular complexity index is 394. The zero-order valence-electron chi connectivity index (χ0n) is 5.44. The minimum atomic E-state index is 0.414. The standard InChI is InChI=1S/C7H4Cl2N2/c8-5-3-4-1-2-10-6(4)7(9)11-5/h1-3,10H. The molecule has 0 saturated carbocycles. The van der Waals surface area contributed by atoms with Crippen LogP contribution in [0.5, 0.6) is 0 Å². The highest BCUT2D eigenvalue weighted by Crippen LogP contribution is 2.22. The monoisotopic (exact) mass is 186 g/mol. The van der Waals surface area contributed by atoms with E-state index in [0.29, 0.717) is 10.3 Å². The van der Waals surface area contributed by atoms with Crippen LogP contribution in [0.15, 0.2) is 18.3 Å². The van der Waals surface area contributed by atoms with Crippen molar-refractivity contribution in [3.8, 4) is 0 Å². The average molecular weight is 187 g/mol. The minimum Gasteiger partial charge on any atom is -0.359 e. The second-order valence-electron chi connectivity index (χ2n) is 2.18. The van der Waals surface area contributed by atoms with Gasteiger partial charge in [0.25, 0.3) is 0 Å². The van der Waals surface area contributed by atoms with Gasteiger partial charge in [0.15, 0.2) is 5.15 Å². The van der Waals surface area contributed by atoms with Crippen molar-refractivity contribution in [3.63, 3.8) is 0 Å². The maximum absolute atomic E-state index is 5.78. The molecule has 0 saturated heterocycles. The van der Waals surface area contributed by atoms with E-state index in [1.54, 1.807) is 12.3 Å². The number of rotatable bonds is 0. The molecule has 2 rings (SSSR count). The summed E-state index contributed by atoms with van der Waals surface area (Å²) in [6.07, 6.45) is 1.80. The Balaban J connectivity index is 2.91. The Labute approximate surface area is 73.1 Å². The molecule has 0 fully saturated rings. The number of aromatic amines is 1. The highest BCUT2D eigenvalue weighted by atomic mass is 35.5. The fourth-order valence-corrected chi connectivity index (χ4v) is 1.49. The van der Waals surface area contributed by atoms with Gasteiger partial charge < -0.3 is 4.98 Å². The molecule has 0 aliphatic carbocycles. The van der Waals surface area contributed by atoms with E-state index < -0.39 is 0 Å². The van der Waals surface area contributed by atoms with Gasteiger partial charge in [-0.25, -0.2) is 4.98 Å². The molecule has 11 heavy (non-hydrogen) atoms. The SMILES string of the molecule is Clc1cc2cc[nH]c2c(Cl)n1. The first-order chi connectivity index (χ1) is 5.27. The van der Waals surface area contributed by atoms with Crippen LogP contribution in [0.3, 0.4) is 0 Å². The molecule has 0 radical (unpaired) electrons. The summed E-state index contributed by atoms with van der Waals surface area (Å²) < 4.78 is 0. The fourth-order valence-electron chi connectivity index (χ4n) is 0.991. The molecule has 0 unspecified atom stereocenters. The molecule has 0 aliphatic rings. The molecule has 0 amide bonds. The minimum absolute atomic E-state index is 0.414. The Hall–Kier alpha value is -0.730. The van der Waals surface area contributed by atoms with Crippen LogP contribution in [0, 0.1) is 0 Å². The Morgan fingerprint density at radius 1 is 1.36 bits per heavy atom. The van der Waals surface area contributed by atoms with Gasteiger partial charge in [-0.1, -0.05) is 23.2 Å². The van der Waals surface area contributed by atoms with Gasteiger partial charge in [0, 0.05) is 11.6 Å². The van der Waals surface area contributed by atoms with Crippen molar-refractivity contribution in [3.05, 3.63) is 28.6 Å². The lowest BCUT2D eigenvalue weighted by Crippen LogP contribution is -1.77. The summed E-state index contributed by atoms with van der Waals surface area (Å²) in [5, 5.41) is 1.81. The van der Waals surface area contributed by atoms with E-state index in [4.69, 9.17) is 23.2 Å². The van der Waals surface area contributed by atoms with Gasteiger partial charge in [-0.15, -0.1) is 0 Å². The largest absolute Gasteiger partial charge is 0.359 e. The normalized spacial score (nSPS) is 10.7. The second-order valence-corrected chi connectivity index (χ2v) is 2.92. The predicted molar refractivity (Wildman–Crippen MR) is 46.1 cm³/mol. The number of hydrogen-bond donors (Lipinski definition) is 1. The third-order valence-corrected chi connectivity index (χ3v) is 1.93. The maximum Gasteiger partial charge on any atom is 0.154 e. The van der Waals surface area contributed by atoms with Gasteiger partial charge in [0.2, 0.25) is 0 Å². The van der Waals surface area contributed by atoms with Crippen LogP contribution >= 0.6 is 23.2 Å². The number of nitrogens with zero attached hydrogens (tertiary/aromatic N) is 1. The van der Waals surface area contributed by atoms with Gasteiger partial charge in [-0.3, -0.25) is 0 Å². The molecule has 2 aromatic rings. The summed E-state index contributed by atoms with van der Waals surface area (Å²) in [4.78, 5) is 6.84. The average Bonchev–Trinajstić information content (AvgIpc) is 2.34. The molecule has 0 spiro atoms. The van der Waals surface area contributed by atoms with Crippen molar-refractivity contribution in [2.75, 3.05) is 0 Å². The first-order valence-corrected chi connectivity index (χ1v) is 3.82. The van der Waals surface area contributed by atoms with E-state index in [9.17, 15) is 0 Å². The van der Waals surface area contributed by atoms with E-state index in [-0.39, 0.29) is 0 Å². The predicted octanol–water partition coefficient (Wildman–Crippen LogP) is 2.87. The van der Waals surface area contributed by atoms with Crippen LogP contribution in [0.4, 0.5) is 0 Å². The molecular formula is C7H4Cl2N2. The number of fused-ring (bicyclic) bond motifs is 1. The zero-order chi connectivity index (χ0) is 7.84. The summed E-state index contributed by atoms with van der Waals surface area (Å²) in [6, 6.07) is 3.66. The summed E-state index contributed by atoms with van der Waals surface area (Å²) in [6.45, 7) is 0. The van der Waals surface area contributed by atoms with Gasteiger partial charge in [0.05, 0.1) is 5.52 Å². The molecule has 0 atom stereocenters. The van der Waals surface area contributed by atoms with Crippen LogP contribution in [0.1, 0.15) is 0 Å². The fraction of sp³-hybridized carbons (Fsp3) is 0. The molecule has 2 heterocycles. The van der Waals surface area contributed by atoms with Gasteiger partial charge in [-0.05, 0) is 12.1 Å². The summed E-state index contributed by atoms with van der Waals surface area (Å²) >= 11 is 11.4. The lowest BCUT2D eigenvalue weighted by Gasteiger charge is -1.93. The maximum atomic E-state index is 5.78. The Morgan fingerprint density at radius 2 is 2.18 bits per heavy atom. The van der Waals surface area contributed by atoms with E-state index in [0.717, 1.165) is 10.9 Å². The Kier molecular flexibility index (Phi) is 1.51. The molecule has 2 nitrogen and oxygen atoms in total. The summed E-state index contributed by atoms with van der Waals surface area (Å²) in [5.74, 6) is 0. The van der Waals surface area contributed by atoms with Crippen molar-refractivity contribution in [2.45, 2.75) is 0 Å². The third-order valence-electron chi connectivity index (χ3n) is 1.47. The van der Waals surface area contributed by atoms with E-state index in [1.165, 1.54) is 0 Å². The van der Waals surface area contributed by atoms with Crippen LogP contribution in [0.2, 0.25) is 10.3 Å². The smallest absolute Gasteiger partial charge is 0.154 e. The number of pyridine rings is 1. The second kappa shape index (κ2) is 2.40. The number of nitrogens with one attached hydrogen (secondary N) is 1. The number of aromatic nitrogens is 2. The summed E-state index contributed by atoms with van der Waals surface area (Å²) in [5.41, 5.74) is 0.830. The van der Waals surface area contributed by atoms with Gasteiger partial charge in [-0.2, -0.15) is 0 Å². The third kappa shape index (κ3) is 1.08. The van der Waals surface area contributed by atoms with E-state index in [2.05, 4.69) is 9.97 Å². The van der Waals surface area contributed by atoms with E-state index >= 15 is 0 Å². The van der Waals surface area contributed by atoms with Crippen molar-refractivity contribution in [1.82, 2.24) is 9.97 Å². The van der Waals surface area contributed by atoms with Crippen LogP contribution in [-0.4, -0.2) is 9.97 Å². The highest BCUT2D eigenvalue weighted by Gasteiger charge is 2.01. The highest BCUT2D eigenvalue weighted by molar-refractivity contribution is 6.36. The van der Waals surface area contributed by atoms with Crippen molar-refractivity contribution >= 4 is 34.1 Å². The summed E-state index contributed by atoms with van der Waals surface area (Å²) in [7, 11) is 0.